The number of carbonyl (C=O) groups excluding carboxylic acids is 1. The topological polar surface area (TPSA) is 48.9 Å². The molecule has 0 saturated carbocycles. The minimum Gasteiger partial charge on any atom is -0.490 e. The molecule has 2 aliphatic heterocycles. The van der Waals surface area contributed by atoms with Crippen molar-refractivity contribution >= 4 is 6.03 Å². The Morgan fingerprint density at radius 1 is 1.05 bits per heavy atom. The molecule has 2 aliphatic rings. The molecule has 2 amide bonds. The summed E-state index contributed by atoms with van der Waals surface area (Å²) in [5.41, 5.74) is 0. The fraction of sp³-hybridized carbons (Fsp3) is 0.625. The van der Waals surface area contributed by atoms with Crippen molar-refractivity contribution in [2.24, 2.45) is 0 Å². The zero-order chi connectivity index (χ0) is 15.4. The van der Waals surface area contributed by atoms with Gasteiger partial charge in [0, 0.05) is 64.5 Å². The molecule has 1 aromatic rings. The van der Waals surface area contributed by atoms with E-state index in [1.165, 1.54) is 0 Å². The summed E-state index contributed by atoms with van der Waals surface area (Å²) < 4.78 is 5.94. The lowest BCUT2D eigenvalue weighted by Crippen LogP contribution is -2.53. The second-order valence-corrected chi connectivity index (χ2v) is 6.06. The maximum absolute atomic E-state index is 12.5. The van der Waals surface area contributed by atoms with E-state index >= 15 is 0 Å². The second-order valence-electron chi connectivity index (χ2n) is 6.06. The summed E-state index contributed by atoms with van der Waals surface area (Å²) in [4.78, 5) is 22.7. The number of likely N-dealkylation sites (tertiary alicyclic amines) is 1. The van der Waals surface area contributed by atoms with Crippen LogP contribution in [-0.4, -0.2) is 78.1 Å². The number of aromatic nitrogens is 1. The number of urea groups is 1. The molecule has 0 aromatic carbocycles. The molecule has 3 rings (SSSR count). The molecular formula is C16H24N4O2. The van der Waals surface area contributed by atoms with Gasteiger partial charge in [-0.2, -0.15) is 0 Å². The number of pyridine rings is 1. The van der Waals surface area contributed by atoms with E-state index in [0.29, 0.717) is 0 Å². The van der Waals surface area contributed by atoms with Crippen LogP contribution in [0.4, 0.5) is 4.79 Å². The van der Waals surface area contributed by atoms with Crippen LogP contribution in [0.2, 0.25) is 0 Å². The van der Waals surface area contributed by atoms with Gasteiger partial charge in [0.1, 0.15) is 11.9 Å². The van der Waals surface area contributed by atoms with Crippen molar-refractivity contribution in [2.45, 2.75) is 18.9 Å². The molecule has 2 saturated heterocycles. The van der Waals surface area contributed by atoms with Crippen molar-refractivity contribution in [2.75, 3.05) is 46.3 Å². The molecule has 0 N–H and O–H groups in total. The quantitative estimate of drug-likeness (QED) is 0.826. The summed E-state index contributed by atoms with van der Waals surface area (Å²) in [6.45, 7) is 5.16. The summed E-state index contributed by atoms with van der Waals surface area (Å²) in [7, 11) is 2.10. The molecule has 2 fully saturated rings. The molecule has 6 heteroatoms. The minimum absolute atomic E-state index is 0.190. The summed E-state index contributed by atoms with van der Waals surface area (Å²) in [6, 6.07) is 3.94. The van der Waals surface area contributed by atoms with Gasteiger partial charge in [-0.3, -0.25) is 4.98 Å². The summed E-state index contributed by atoms with van der Waals surface area (Å²) >= 11 is 0. The Morgan fingerprint density at radius 2 is 1.64 bits per heavy atom. The average molecular weight is 304 g/mol. The minimum atomic E-state index is 0.190. The first-order valence-corrected chi connectivity index (χ1v) is 8.01. The van der Waals surface area contributed by atoms with E-state index < -0.39 is 0 Å². The maximum Gasteiger partial charge on any atom is 0.320 e. The molecule has 3 heterocycles. The van der Waals surface area contributed by atoms with Crippen molar-refractivity contribution < 1.29 is 9.53 Å². The Morgan fingerprint density at radius 3 is 2.27 bits per heavy atom. The molecule has 0 radical (unpaired) electrons. The summed E-state index contributed by atoms with van der Waals surface area (Å²) in [6.07, 6.45) is 5.45. The lowest BCUT2D eigenvalue weighted by Gasteiger charge is -2.38. The van der Waals surface area contributed by atoms with Crippen LogP contribution in [0.1, 0.15) is 12.8 Å². The van der Waals surface area contributed by atoms with E-state index in [4.69, 9.17) is 4.74 Å². The number of rotatable bonds is 2. The number of hydrogen-bond donors (Lipinski definition) is 0. The summed E-state index contributed by atoms with van der Waals surface area (Å²) in [5.74, 6) is 0.860. The van der Waals surface area contributed by atoms with Crippen LogP contribution < -0.4 is 4.74 Å². The molecule has 0 atom stereocenters. The van der Waals surface area contributed by atoms with Gasteiger partial charge in [-0.1, -0.05) is 0 Å². The first-order chi connectivity index (χ1) is 10.7. The molecule has 120 valence electrons. The SMILES string of the molecule is CN1CCN(C(=O)N2CCC(Oc3ccncc3)CC2)CC1. The van der Waals surface area contributed by atoms with E-state index in [0.717, 1.165) is 57.9 Å². The fourth-order valence-electron chi connectivity index (χ4n) is 2.97. The lowest BCUT2D eigenvalue weighted by molar-refractivity contribution is 0.0840. The summed E-state index contributed by atoms with van der Waals surface area (Å²) in [5, 5.41) is 0. The van der Waals surface area contributed by atoms with Crippen LogP contribution in [0.25, 0.3) is 0 Å². The number of piperidine rings is 1. The van der Waals surface area contributed by atoms with E-state index in [2.05, 4.69) is 16.9 Å². The van der Waals surface area contributed by atoms with E-state index in [9.17, 15) is 4.79 Å². The normalized spacial score (nSPS) is 21.0. The molecule has 0 aliphatic carbocycles. The van der Waals surface area contributed by atoms with Crippen LogP contribution in [0, 0.1) is 0 Å². The van der Waals surface area contributed by atoms with Crippen LogP contribution in [0.3, 0.4) is 0 Å². The van der Waals surface area contributed by atoms with Crippen LogP contribution in [-0.2, 0) is 0 Å². The number of amides is 2. The molecule has 0 spiro atoms. The highest BCUT2D eigenvalue weighted by molar-refractivity contribution is 5.74. The molecule has 1 aromatic heterocycles. The van der Waals surface area contributed by atoms with Crippen molar-refractivity contribution in [3.8, 4) is 5.75 Å². The van der Waals surface area contributed by atoms with Gasteiger partial charge in [0.2, 0.25) is 0 Å². The first-order valence-electron chi connectivity index (χ1n) is 8.01. The van der Waals surface area contributed by atoms with E-state index in [1.54, 1.807) is 12.4 Å². The van der Waals surface area contributed by atoms with Crippen LogP contribution >= 0.6 is 0 Å². The zero-order valence-corrected chi connectivity index (χ0v) is 13.1. The standard InChI is InChI=1S/C16H24N4O2/c1-18-10-12-20(13-11-18)16(21)19-8-4-15(5-9-19)22-14-2-6-17-7-3-14/h2-3,6-7,15H,4-5,8-13H2,1H3. The maximum atomic E-state index is 12.5. The zero-order valence-electron chi connectivity index (χ0n) is 13.1. The third-order valence-electron chi connectivity index (χ3n) is 4.44. The number of piperazine rings is 1. The Bertz CT molecular complexity index is 480. The molecule has 6 nitrogen and oxygen atoms in total. The van der Waals surface area contributed by atoms with Crippen molar-refractivity contribution in [1.29, 1.82) is 0 Å². The van der Waals surface area contributed by atoms with Gasteiger partial charge in [-0.25, -0.2) is 4.79 Å². The number of hydrogen-bond acceptors (Lipinski definition) is 4. The molecule has 22 heavy (non-hydrogen) atoms. The van der Waals surface area contributed by atoms with Gasteiger partial charge < -0.3 is 19.4 Å². The predicted molar refractivity (Wildman–Crippen MR) is 83.9 cm³/mol. The largest absolute Gasteiger partial charge is 0.490 e. The van der Waals surface area contributed by atoms with Gasteiger partial charge in [-0.15, -0.1) is 0 Å². The Balaban J connectivity index is 1.46. The molecule has 0 bridgehead atoms. The number of carbonyl (C=O) groups is 1. The second kappa shape index (κ2) is 6.96. The predicted octanol–water partition coefficient (Wildman–Crippen LogP) is 1.29. The molecule has 0 unspecified atom stereocenters. The highest BCUT2D eigenvalue weighted by atomic mass is 16.5. The average Bonchev–Trinajstić information content (AvgIpc) is 2.57. The van der Waals surface area contributed by atoms with Gasteiger partial charge in [0.05, 0.1) is 0 Å². The van der Waals surface area contributed by atoms with E-state index in [1.807, 2.05) is 21.9 Å². The third kappa shape index (κ3) is 3.68. The monoisotopic (exact) mass is 304 g/mol. The smallest absolute Gasteiger partial charge is 0.320 e. The highest BCUT2D eigenvalue weighted by Gasteiger charge is 2.28. The Labute approximate surface area is 131 Å². The van der Waals surface area contributed by atoms with Gasteiger partial charge in [0.25, 0.3) is 0 Å². The van der Waals surface area contributed by atoms with Crippen molar-refractivity contribution in [3.05, 3.63) is 24.5 Å². The van der Waals surface area contributed by atoms with Gasteiger partial charge in [-0.05, 0) is 19.2 Å². The lowest BCUT2D eigenvalue weighted by atomic mass is 10.1. The third-order valence-corrected chi connectivity index (χ3v) is 4.44. The highest BCUT2D eigenvalue weighted by Crippen LogP contribution is 2.19. The van der Waals surface area contributed by atoms with Crippen molar-refractivity contribution in [1.82, 2.24) is 19.7 Å². The number of nitrogens with zero attached hydrogens (tertiary/aromatic N) is 4. The van der Waals surface area contributed by atoms with Crippen molar-refractivity contribution in [3.63, 3.8) is 0 Å². The first kappa shape index (κ1) is 15.1. The van der Waals surface area contributed by atoms with E-state index in [-0.39, 0.29) is 12.1 Å². The molecular weight excluding hydrogens is 280 g/mol. The Hall–Kier alpha value is -1.82. The van der Waals surface area contributed by atoms with Gasteiger partial charge >= 0.3 is 6.03 Å². The van der Waals surface area contributed by atoms with Crippen LogP contribution in [0.15, 0.2) is 24.5 Å². The number of ether oxygens (including phenoxy) is 1. The van der Waals surface area contributed by atoms with Gasteiger partial charge in [0.15, 0.2) is 0 Å². The van der Waals surface area contributed by atoms with Crippen LogP contribution in [0.5, 0.6) is 5.75 Å². The Kier molecular flexibility index (Phi) is 4.77. The fourth-order valence-corrected chi connectivity index (χ4v) is 2.97. The number of likely N-dealkylation sites (N-methyl/N-ethyl adjacent to an activating group) is 1.